The van der Waals surface area contributed by atoms with E-state index >= 15 is 0 Å². The number of rotatable bonds is 5. The van der Waals surface area contributed by atoms with Crippen LogP contribution in [0.2, 0.25) is 5.02 Å². The second kappa shape index (κ2) is 9.00. The molecule has 0 saturated carbocycles. The molecule has 1 aromatic heterocycles. The van der Waals surface area contributed by atoms with Gasteiger partial charge in [0.15, 0.2) is 6.10 Å². The van der Waals surface area contributed by atoms with Crippen LogP contribution in [-0.2, 0) is 16.1 Å². The summed E-state index contributed by atoms with van der Waals surface area (Å²) in [5, 5.41) is 8.66. The van der Waals surface area contributed by atoms with Gasteiger partial charge in [-0.25, -0.2) is 0 Å². The van der Waals surface area contributed by atoms with Crippen molar-refractivity contribution in [1.29, 1.82) is 0 Å². The molecular formula is C23H23ClN4O4. The van der Waals surface area contributed by atoms with E-state index in [1.807, 2.05) is 32.0 Å². The zero-order valence-electron chi connectivity index (χ0n) is 18.0. The Morgan fingerprint density at radius 1 is 1.16 bits per heavy atom. The fourth-order valence-corrected chi connectivity index (χ4v) is 3.78. The molecular weight excluding hydrogens is 432 g/mol. The lowest BCUT2D eigenvalue weighted by Crippen LogP contribution is -2.52. The van der Waals surface area contributed by atoms with Crippen molar-refractivity contribution in [2.45, 2.75) is 39.5 Å². The Morgan fingerprint density at radius 3 is 2.59 bits per heavy atom. The number of hydrogen-bond acceptors (Lipinski definition) is 6. The minimum Gasteiger partial charge on any atom is -0.476 e. The fourth-order valence-electron chi connectivity index (χ4n) is 3.57. The minimum atomic E-state index is -0.845. The van der Waals surface area contributed by atoms with Crippen molar-refractivity contribution in [3.05, 3.63) is 59.4 Å². The topological polar surface area (TPSA) is 88.8 Å². The number of carbonyl (C=O) groups is 2. The quantitative estimate of drug-likeness (QED) is 0.580. The maximum atomic E-state index is 13.4. The van der Waals surface area contributed by atoms with Crippen LogP contribution in [0.5, 0.6) is 5.75 Å². The standard InChI is InChI=1S/C23H23ClN4O4/c1-14(2)27(13-21-25-26-22(32-21)16-8-4-5-9-17(16)24)23(30)20-12-28(15(3)29)18-10-6-7-11-19(18)31-20/h4-11,14,20H,12-13H2,1-3H3/t20-/m1/s1. The summed E-state index contributed by atoms with van der Waals surface area (Å²) in [6, 6.07) is 14.2. The van der Waals surface area contributed by atoms with E-state index in [2.05, 4.69) is 10.2 Å². The molecule has 0 saturated heterocycles. The van der Waals surface area contributed by atoms with E-state index in [0.29, 0.717) is 22.0 Å². The number of para-hydroxylation sites is 2. The van der Waals surface area contributed by atoms with Crippen LogP contribution in [-0.4, -0.2) is 45.6 Å². The first kappa shape index (κ1) is 21.8. The van der Waals surface area contributed by atoms with Crippen LogP contribution < -0.4 is 9.64 Å². The Balaban J connectivity index is 1.55. The van der Waals surface area contributed by atoms with Crippen molar-refractivity contribution in [1.82, 2.24) is 15.1 Å². The third-order valence-electron chi connectivity index (χ3n) is 5.21. The number of halogens is 1. The van der Waals surface area contributed by atoms with Crippen molar-refractivity contribution >= 4 is 29.1 Å². The van der Waals surface area contributed by atoms with E-state index in [0.717, 1.165) is 0 Å². The second-order valence-corrected chi connectivity index (χ2v) is 8.15. The molecule has 2 aromatic carbocycles. The molecule has 8 nitrogen and oxygen atoms in total. The summed E-state index contributed by atoms with van der Waals surface area (Å²) in [7, 11) is 0. The van der Waals surface area contributed by atoms with Crippen LogP contribution in [0.25, 0.3) is 11.5 Å². The summed E-state index contributed by atoms with van der Waals surface area (Å²) >= 11 is 6.22. The Bertz CT molecular complexity index is 1150. The second-order valence-electron chi connectivity index (χ2n) is 7.74. The lowest BCUT2D eigenvalue weighted by molar-refractivity contribution is -0.141. The SMILES string of the molecule is CC(=O)N1C[C@H](C(=O)N(Cc2nnc(-c3ccccc3Cl)o2)C(C)C)Oc2ccccc21. The first-order valence-electron chi connectivity index (χ1n) is 10.3. The summed E-state index contributed by atoms with van der Waals surface area (Å²) in [6.45, 7) is 5.49. The zero-order chi connectivity index (χ0) is 22.8. The summed E-state index contributed by atoms with van der Waals surface area (Å²) in [5.41, 5.74) is 1.28. The Morgan fingerprint density at radius 2 is 1.88 bits per heavy atom. The zero-order valence-corrected chi connectivity index (χ0v) is 18.7. The minimum absolute atomic E-state index is 0.107. The summed E-state index contributed by atoms with van der Waals surface area (Å²) in [4.78, 5) is 28.8. The van der Waals surface area contributed by atoms with E-state index in [1.54, 1.807) is 40.1 Å². The van der Waals surface area contributed by atoms with Crippen LogP contribution in [0.1, 0.15) is 26.7 Å². The van der Waals surface area contributed by atoms with E-state index in [1.165, 1.54) is 6.92 Å². The largest absolute Gasteiger partial charge is 0.476 e. The van der Waals surface area contributed by atoms with Crippen LogP contribution in [0.3, 0.4) is 0 Å². The van der Waals surface area contributed by atoms with Crippen molar-refractivity contribution < 1.29 is 18.7 Å². The van der Waals surface area contributed by atoms with Gasteiger partial charge in [0.2, 0.25) is 17.7 Å². The number of anilines is 1. The maximum absolute atomic E-state index is 13.4. The number of fused-ring (bicyclic) bond motifs is 1. The van der Waals surface area contributed by atoms with Gasteiger partial charge >= 0.3 is 0 Å². The van der Waals surface area contributed by atoms with E-state index in [9.17, 15) is 9.59 Å². The van der Waals surface area contributed by atoms with Gasteiger partial charge in [0.1, 0.15) is 5.75 Å². The Labute approximate surface area is 190 Å². The molecule has 166 valence electrons. The van der Waals surface area contributed by atoms with Crippen LogP contribution in [0.4, 0.5) is 5.69 Å². The first-order valence-corrected chi connectivity index (χ1v) is 10.6. The molecule has 2 heterocycles. The molecule has 0 fully saturated rings. The molecule has 32 heavy (non-hydrogen) atoms. The van der Waals surface area contributed by atoms with Gasteiger partial charge < -0.3 is 19.0 Å². The van der Waals surface area contributed by atoms with E-state index in [-0.39, 0.29) is 42.7 Å². The molecule has 1 aliphatic heterocycles. The average Bonchev–Trinajstić information content (AvgIpc) is 3.24. The van der Waals surface area contributed by atoms with Crippen molar-refractivity contribution in [3.8, 4) is 17.2 Å². The first-order chi connectivity index (χ1) is 15.3. The lowest BCUT2D eigenvalue weighted by atomic mass is 10.1. The number of ether oxygens (including phenoxy) is 1. The molecule has 1 atom stereocenters. The van der Waals surface area contributed by atoms with Gasteiger partial charge in [-0.2, -0.15) is 0 Å². The third kappa shape index (κ3) is 4.31. The average molecular weight is 455 g/mol. The van der Waals surface area contributed by atoms with Crippen LogP contribution in [0.15, 0.2) is 52.9 Å². The molecule has 9 heteroatoms. The van der Waals surface area contributed by atoms with Gasteiger partial charge in [0.05, 0.1) is 29.4 Å². The fraction of sp³-hybridized carbons (Fsp3) is 0.304. The van der Waals surface area contributed by atoms with Gasteiger partial charge in [-0.1, -0.05) is 35.9 Å². The number of amides is 2. The monoisotopic (exact) mass is 454 g/mol. The summed E-state index contributed by atoms with van der Waals surface area (Å²) in [6.07, 6.45) is -0.845. The predicted molar refractivity (Wildman–Crippen MR) is 119 cm³/mol. The summed E-state index contributed by atoms with van der Waals surface area (Å²) < 4.78 is 11.7. The van der Waals surface area contributed by atoms with E-state index < -0.39 is 6.10 Å². The molecule has 0 bridgehead atoms. The van der Waals surface area contributed by atoms with Gasteiger partial charge in [0.25, 0.3) is 5.91 Å². The number of benzene rings is 2. The number of nitrogens with zero attached hydrogens (tertiary/aromatic N) is 4. The maximum Gasteiger partial charge on any atom is 0.266 e. The van der Waals surface area contributed by atoms with Crippen molar-refractivity contribution in [2.24, 2.45) is 0 Å². The third-order valence-corrected chi connectivity index (χ3v) is 5.54. The van der Waals surface area contributed by atoms with Crippen molar-refractivity contribution in [3.63, 3.8) is 0 Å². The van der Waals surface area contributed by atoms with Gasteiger partial charge in [0, 0.05) is 13.0 Å². The highest BCUT2D eigenvalue weighted by Gasteiger charge is 2.36. The lowest BCUT2D eigenvalue weighted by Gasteiger charge is -2.36. The molecule has 0 radical (unpaired) electrons. The van der Waals surface area contributed by atoms with Crippen LogP contribution >= 0.6 is 11.6 Å². The number of aromatic nitrogens is 2. The molecule has 0 N–H and O–H groups in total. The predicted octanol–water partition coefficient (Wildman–Crippen LogP) is 3.94. The normalized spacial score (nSPS) is 15.3. The van der Waals surface area contributed by atoms with Crippen molar-refractivity contribution in [2.75, 3.05) is 11.4 Å². The summed E-state index contributed by atoms with van der Waals surface area (Å²) in [5.74, 6) is 0.637. The van der Waals surface area contributed by atoms with Gasteiger partial charge in [-0.05, 0) is 38.1 Å². The highest BCUT2D eigenvalue weighted by molar-refractivity contribution is 6.33. The highest BCUT2D eigenvalue weighted by Crippen LogP contribution is 2.34. The molecule has 3 aromatic rings. The van der Waals surface area contributed by atoms with E-state index in [4.69, 9.17) is 20.8 Å². The van der Waals surface area contributed by atoms with Crippen LogP contribution in [0, 0.1) is 0 Å². The molecule has 2 amide bonds. The Hall–Kier alpha value is -3.39. The molecule has 4 rings (SSSR count). The number of carbonyl (C=O) groups excluding carboxylic acids is 2. The van der Waals surface area contributed by atoms with Gasteiger partial charge in [-0.15, -0.1) is 10.2 Å². The highest BCUT2D eigenvalue weighted by atomic mass is 35.5. The molecule has 0 aliphatic carbocycles. The molecule has 1 aliphatic rings. The van der Waals surface area contributed by atoms with Gasteiger partial charge in [-0.3, -0.25) is 9.59 Å². The number of hydrogen-bond donors (Lipinski definition) is 0. The Kier molecular flexibility index (Phi) is 6.14. The molecule has 0 unspecified atom stereocenters. The smallest absolute Gasteiger partial charge is 0.266 e. The molecule has 0 spiro atoms.